The van der Waals surface area contributed by atoms with E-state index in [1.807, 2.05) is 19.9 Å². The van der Waals surface area contributed by atoms with Crippen molar-refractivity contribution in [3.05, 3.63) is 56.3 Å². The van der Waals surface area contributed by atoms with E-state index >= 15 is 0 Å². The highest BCUT2D eigenvalue weighted by Crippen LogP contribution is 2.28. The summed E-state index contributed by atoms with van der Waals surface area (Å²) in [5, 5.41) is 20.5. The maximum absolute atomic E-state index is 13.1. The largest absolute Gasteiger partial charge is 0.494 e. The Balaban J connectivity index is 2.39. The highest BCUT2D eigenvalue weighted by molar-refractivity contribution is 6.32. The number of rotatable bonds is 9. The third-order valence-electron chi connectivity index (χ3n) is 4.53. The average molecular weight is 433 g/mol. The van der Waals surface area contributed by atoms with E-state index < -0.39 is 23.3 Å². The minimum absolute atomic E-state index is 0.0305. The Hall–Kier alpha value is -2.82. The number of hydrogen-bond donors (Lipinski definition) is 1. The normalized spacial score (nSPS) is 11.9. The first-order valence-corrected chi connectivity index (χ1v) is 10.00. The van der Waals surface area contributed by atoms with Gasteiger partial charge < -0.3 is 14.6 Å². The zero-order valence-corrected chi connectivity index (χ0v) is 18.2. The second kappa shape index (κ2) is 10.3. The molecule has 0 aliphatic carbocycles. The summed E-state index contributed by atoms with van der Waals surface area (Å²) in [4.78, 5) is 25.7. The number of carbonyl (C=O) groups excluding carboxylic acids is 1. The molecule has 0 spiro atoms. The number of carbonyl (C=O) groups is 1. The van der Waals surface area contributed by atoms with Gasteiger partial charge in [-0.3, -0.25) is 14.2 Å². The van der Waals surface area contributed by atoms with Crippen molar-refractivity contribution < 1.29 is 19.4 Å². The molecule has 1 aromatic heterocycles. The number of nitrogens with zero attached hydrogens (tertiary/aromatic N) is 2. The van der Waals surface area contributed by atoms with Gasteiger partial charge in [-0.2, -0.15) is 5.26 Å². The summed E-state index contributed by atoms with van der Waals surface area (Å²) in [7, 11) is 0. The van der Waals surface area contributed by atoms with Crippen LogP contribution in [0.3, 0.4) is 0 Å². The first-order valence-electron chi connectivity index (χ1n) is 9.62. The number of nitriles is 1. The number of Topliss-reactive ketones (excluding diaryl/α,β-unsaturated/α-hetero) is 1. The predicted molar refractivity (Wildman–Crippen MR) is 113 cm³/mol. The molecule has 160 valence electrons. The zero-order chi connectivity index (χ0) is 22.4. The highest BCUT2D eigenvalue weighted by atomic mass is 35.5. The van der Waals surface area contributed by atoms with Crippen LogP contribution in [0.15, 0.2) is 29.1 Å². The molecule has 0 saturated heterocycles. The van der Waals surface area contributed by atoms with Crippen LogP contribution in [0.2, 0.25) is 5.02 Å². The van der Waals surface area contributed by atoms with Gasteiger partial charge >= 0.3 is 0 Å². The Labute approximate surface area is 180 Å². The van der Waals surface area contributed by atoms with E-state index in [-0.39, 0.29) is 29.3 Å². The van der Waals surface area contributed by atoms with Gasteiger partial charge in [0.2, 0.25) is 11.7 Å². The highest BCUT2D eigenvalue weighted by Gasteiger charge is 2.28. The van der Waals surface area contributed by atoms with Crippen molar-refractivity contribution in [1.29, 1.82) is 5.26 Å². The van der Waals surface area contributed by atoms with Crippen LogP contribution >= 0.6 is 11.6 Å². The van der Waals surface area contributed by atoms with Crippen molar-refractivity contribution >= 4 is 17.4 Å². The number of halogens is 1. The molecule has 0 fully saturated rings. The van der Waals surface area contributed by atoms with Gasteiger partial charge in [-0.25, -0.2) is 0 Å². The third kappa shape index (κ3) is 5.21. The second-order valence-corrected chi connectivity index (χ2v) is 7.50. The standard InChI is InChI=1S/C22H25ClN2O5/c1-13(2)29-11-7-10-25-21(27)16(12-24)14(3)19(22(25)28)20(26)15(4)30-18-9-6-5-8-17(18)23/h5-6,8-9,13,15,28H,7,10-11H2,1-4H3. The molecular weight excluding hydrogens is 408 g/mol. The van der Waals surface area contributed by atoms with Crippen LogP contribution in [-0.4, -0.2) is 34.3 Å². The molecule has 1 aromatic carbocycles. The van der Waals surface area contributed by atoms with E-state index in [2.05, 4.69) is 0 Å². The number of benzene rings is 1. The monoisotopic (exact) mass is 432 g/mol. The molecule has 1 N–H and O–H groups in total. The number of para-hydroxylation sites is 1. The van der Waals surface area contributed by atoms with Crippen LogP contribution in [-0.2, 0) is 11.3 Å². The van der Waals surface area contributed by atoms with Gasteiger partial charge in [0.1, 0.15) is 17.4 Å². The fourth-order valence-electron chi connectivity index (χ4n) is 2.98. The van der Waals surface area contributed by atoms with Gasteiger partial charge in [-0.15, -0.1) is 0 Å². The number of ketones is 1. The quantitative estimate of drug-likeness (QED) is 0.477. The molecule has 0 aliphatic rings. The topological polar surface area (TPSA) is 102 Å². The lowest BCUT2D eigenvalue weighted by atomic mass is 9.99. The van der Waals surface area contributed by atoms with Crippen LogP contribution in [0.5, 0.6) is 11.6 Å². The lowest BCUT2D eigenvalue weighted by Crippen LogP contribution is -2.31. The number of aromatic hydroxyl groups is 1. The Bertz CT molecular complexity index is 1020. The van der Waals surface area contributed by atoms with Crippen molar-refractivity contribution in [2.45, 2.75) is 52.9 Å². The summed E-state index contributed by atoms with van der Waals surface area (Å²) >= 11 is 6.08. The second-order valence-electron chi connectivity index (χ2n) is 7.10. The van der Waals surface area contributed by atoms with E-state index in [4.69, 9.17) is 21.1 Å². The molecular formula is C22H25ClN2O5. The molecule has 0 saturated carbocycles. The van der Waals surface area contributed by atoms with Gasteiger partial charge in [0.15, 0.2) is 6.10 Å². The van der Waals surface area contributed by atoms with Gasteiger partial charge in [-0.05, 0) is 51.8 Å². The van der Waals surface area contributed by atoms with Crippen molar-refractivity contribution in [1.82, 2.24) is 4.57 Å². The molecule has 1 unspecified atom stereocenters. The van der Waals surface area contributed by atoms with E-state index in [1.54, 1.807) is 24.3 Å². The summed E-state index contributed by atoms with van der Waals surface area (Å²) in [5.41, 5.74) is -0.830. The van der Waals surface area contributed by atoms with Crippen LogP contribution in [0.4, 0.5) is 0 Å². The van der Waals surface area contributed by atoms with E-state index in [0.717, 1.165) is 4.57 Å². The van der Waals surface area contributed by atoms with Gasteiger partial charge in [0.05, 0.1) is 16.7 Å². The Kier molecular flexibility index (Phi) is 8.04. The maximum atomic E-state index is 13.1. The molecule has 2 aromatic rings. The summed E-state index contributed by atoms with van der Waals surface area (Å²) in [6.45, 7) is 7.23. The molecule has 2 rings (SSSR count). The smallest absolute Gasteiger partial charge is 0.271 e. The number of aromatic nitrogens is 1. The molecule has 0 amide bonds. The van der Waals surface area contributed by atoms with Crippen molar-refractivity contribution in [2.24, 2.45) is 0 Å². The summed E-state index contributed by atoms with van der Waals surface area (Å²) in [6, 6.07) is 8.54. The van der Waals surface area contributed by atoms with Crippen LogP contribution < -0.4 is 10.3 Å². The van der Waals surface area contributed by atoms with Crippen LogP contribution in [0.25, 0.3) is 0 Å². The first kappa shape index (κ1) is 23.5. The molecule has 8 heteroatoms. The van der Waals surface area contributed by atoms with Gasteiger partial charge in [0, 0.05) is 13.2 Å². The molecule has 1 atom stereocenters. The summed E-state index contributed by atoms with van der Waals surface area (Å²) in [6.07, 6.45) is -0.543. The fourth-order valence-corrected chi connectivity index (χ4v) is 3.16. The van der Waals surface area contributed by atoms with Crippen molar-refractivity contribution in [3.8, 4) is 17.7 Å². The number of pyridine rings is 1. The molecule has 0 bridgehead atoms. The van der Waals surface area contributed by atoms with Crippen LogP contribution in [0.1, 0.15) is 48.7 Å². The molecule has 0 radical (unpaired) electrons. The van der Waals surface area contributed by atoms with Gasteiger partial charge in [-0.1, -0.05) is 23.7 Å². The Morgan fingerprint density at radius 1 is 1.30 bits per heavy atom. The lowest BCUT2D eigenvalue weighted by molar-refractivity contribution is 0.0742. The Morgan fingerprint density at radius 3 is 2.57 bits per heavy atom. The number of ether oxygens (including phenoxy) is 2. The van der Waals surface area contributed by atoms with Gasteiger partial charge in [0.25, 0.3) is 5.56 Å². The number of hydrogen-bond acceptors (Lipinski definition) is 6. The SMILES string of the molecule is Cc1c(C(=O)C(C)Oc2ccccc2Cl)c(O)n(CCCOC(C)C)c(=O)c1C#N. The summed E-state index contributed by atoms with van der Waals surface area (Å²) in [5.74, 6) is -0.730. The molecule has 7 nitrogen and oxygen atoms in total. The molecule has 0 aliphatic heterocycles. The fraction of sp³-hybridized carbons (Fsp3) is 0.409. The van der Waals surface area contributed by atoms with E-state index in [0.29, 0.717) is 23.8 Å². The average Bonchev–Trinajstić information content (AvgIpc) is 2.69. The maximum Gasteiger partial charge on any atom is 0.271 e. The van der Waals surface area contributed by atoms with Crippen molar-refractivity contribution in [2.75, 3.05) is 6.61 Å². The summed E-state index contributed by atoms with van der Waals surface area (Å²) < 4.78 is 12.1. The van der Waals surface area contributed by atoms with Crippen molar-refractivity contribution in [3.63, 3.8) is 0 Å². The minimum Gasteiger partial charge on any atom is -0.494 e. The first-order chi connectivity index (χ1) is 14.2. The van der Waals surface area contributed by atoms with E-state index in [9.17, 15) is 20.0 Å². The molecule has 30 heavy (non-hydrogen) atoms. The Morgan fingerprint density at radius 2 is 1.97 bits per heavy atom. The molecule has 1 heterocycles. The van der Waals surface area contributed by atoms with Crippen LogP contribution in [0, 0.1) is 18.3 Å². The predicted octanol–water partition coefficient (Wildman–Crippen LogP) is 3.85. The lowest BCUT2D eigenvalue weighted by Gasteiger charge is -2.19. The minimum atomic E-state index is -1.00. The zero-order valence-electron chi connectivity index (χ0n) is 17.4. The van der Waals surface area contributed by atoms with E-state index in [1.165, 1.54) is 13.8 Å². The third-order valence-corrected chi connectivity index (χ3v) is 4.85.